The molecule has 0 radical (unpaired) electrons. The van der Waals surface area contributed by atoms with Gasteiger partial charge >= 0.3 is 0 Å². The van der Waals surface area contributed by atoms with Gasteiger partial charge in [0.2, 0.25) is 10.0 Å². The number of rotatable bonds is 9. The van der Waals surface area contributed by atoms with E-state index in [1.165, 1.54) is 0 Å². The third-order valence-corrected chi connectivity index (χ3v) is 5.94. The number of carbonyl (C=O) groups is 1. The van der Waals surface area contributed by atoms with Crippen molar-refractivity contribution in [2.75, 3.05) is 0 Å². The van der Waals surface area contributed by atoms with Crippen molar-refractivity contribution in [3.05, 3.63) is 95.6 Å². The van der Waals surface area contributed by atoms with Crippen LogP contribution in [0.2, 0.25) is 0 Å². The standard InChI is InChI=1S/C24H26N2O4S/c1-18(2)26-31(28,29)17-20-11-7-6-10-19(20)16-25-24(27)22-14-8-9-15-23(22)30-21-12-4-3-5-13-21/h3-15,18,26H,16-17H2,1-2H3,(H,25,27). The number of benzene rings is 3. The molecule has 0 atom stereocenters. The first kappa shape index (κ1) is 22.5. The van der Waals surface area contributed by atoms with Crippen LogP contribution in [0.4, 0.5) is 0 Å². The molecule has 2 N–H and O–H groups in total. The fourth-order valence-electron chi connectivity index (χ4n) is 3.11. The molecule has 0 aliphatic carbocycles. The minimum atomic E-state index is -3.47. The summed E-state index contributed by atoms with van der Waals surface area (Å²) in [6.07, 6.45) is 0. The maximum atomic E-state index is 12.8. The molecule has 0 saturated heterocycles. The van der Waals surface area contributed by atoms with E-state index in [1.54, 1.807) is 50.2 Å². The monoisotopic (exact) mass is 438 g/mol. The van der Waals surface area contributed by atoms with Gasteiger partial charge < -0.3 is 10.1 Å². The Morgan fingerprint density at radius 1 is 0.871 bits per heavy atom. The summed E-state index contributed by atoms with van der Waals surface area (Å²) in [6, 6.07) is 23.2. The highest BCUT2D eigenvalue weighted by atomic mass is 32.2. The zero-order chi connectivity index (χ0) is 22.3. The van der Waals surface area contributed by atoms with Gasteiger partial charge in [0.05, 0.1) is 11.3 Å². The Hall–Kier alpha value is -3.16. The smallest absolute Gasteiger partial charge is 0.255 e. The van der Waals surface area contributed by atoms with Crippen molar-refractivity contribution in [2.45, 2.75) is 32.2 Å². The molecule has 3 rings (SSSR count). The average Bonchev–Trinajstić information content (AvgIpc) is 2.73. The summed E-state index contributed by atoms with van der Waals surface area (Å²) in [7, 11) is -3.47. The number of ether oxygens (including phenoxy) is 1. The van der Waals surface area contributed by atoms with Crippen molar-refractivity contribution in [2.24, 2.45) is 0 Å². The van der Waals surface area contributed by atoms with Gasteiger partial charge in [-0.25, -0.2) is 13.1 Å². The zero-order valence-corrected chi connectivity index (χ0v) is 18.4. The number of sulfonamides is 1. The van der Waals surface area contributed by atoms with Crippen molar-refractivity contribution in [1.29, 1.82) is 0 Å². The highest BCUT2D eigenvalue weighted by Crippen LogP contribution is 2.25. The van der Waals surface area contributed by atoms with Crippen LogP contribution < -0.4 is 14.8 Å². The minimum absolute atomic E-state index is 0.148. The van der Waals surface area contributed by atoms with E-state index in [-0.39, 0.29) is 24.2 Å². The minimum Gasteiger partial charge on any atom is -0.457 e. The summed E-state index contributed by atoms with van der Waals surface area (Å²) >= 11 is 0. The molecule has 0 fully saturated rings. The highest BCUT2D eigenvalue weighted by Gasteiger charge is 2.17. The predicted octanol–water partition coefficient (Wildman–Crippen LogP) is 4.24. The SMILES string of the molecule is CC(C)NS(=O)(=O)Cc1ccccc1CNC(=O)c1ccccc1Oc1ccccc1. The van der Waals surface area contributed by atoms with Crippen LogP contribution in [0.25, 0.3) is 0 Å². The van der Waals surface area contributed by atoms with E-state index in [0.717, 1.165) is 5.56 Å². The Kier molecular flexibility index (Phi) is 7.44. The van der Waals surface area contributed by atoms with E-state index in [1.807, 2.05) is 42.5 Å². The third-order valence-electron chi connectivity index (χ3n) is 4.42. The largest absolute Gasteiger partial charge is 0.457 e. The first-order chi connectivity index (χ1) is 14.8. The van der Waals surface area contributed by atoms with Crippen LogP contribution in [0.3, 0.4) is 0 Å². The van der Waals surface area contributed by atoms with Crippen molar-refractivity contribution in [3.8, 4) is 11.5 Å². The first-order valence-corrected chi connectivity index (χ1v) is 11.7. The molecule has 0 spiro atoms. The summed E-state index contributed by atoms with van der Waals surface area (Å²) < 4.78 is 33.1. The van der Waals surface area contributed by atoms with Gasteiger partial charge in [-0.2, -0.15) is 0 Å². The molecule has 31 heavy (non-hydrogen) atoms. The summed E-state index contributed by atoms with van der Waals surface area (Å²) in [5, 5.41) is 2.87. The van der Waals surface area contributed by atoms with Crippen molar-refractivity contribution >= 4 is 15.9 Å². The Balaban J connectivity index is 1.72. The summed E-state index contributed by atoms with van der Waals surface area (Å²) in [5.41, 5.74) is 1.79. The Morgan fingerprint density at radius 3 is 2.19 bits per heavy atom. The molecule has 3 aromatic carbocycles. The van der Waals surface area contributed by atoms with Crippen LogP contribution in [0.15, 0.2) is 78.9 Å². The van der Waals surface area contributed by atoms with E-state index in [0.29, 0.717) is 22.6 Å². The molecule has 0 saturated carbocycles. The van der Waals surface area contributed by atoms with Crippen LogP contribution in [-0.4, -0.2) is 20.4 Å². The highest BCUT2D eigenvalue weighted by molar-refractivity contribution is 7.88. The van der Waals surface area contributed by atoms with Crippen LogP contribution >= 0.6 is 0 Å². The molecule has 1 amide bonds. The molecule has 162 valence electrons. The lowest BCUT2D eigenvalue weighted by molar-refractivity contribution is 0.0948. The van der Waals surface area contributed by atoms with Gasteiger partial charge in [-0.05, 0) is 49.2 Å². The Labute approximate surface area is 183 Å². The summed E-state index contributed by atoms with van der Waals surface area (Å²) in [5.74, 6) is 0.633. The molecule has 6 nitrogen and oxygen atoms in total. The lowest BCUT2D eigenvalue weighted by Gasteiger charge is -2.14. The van der Waals surface area contributed by atoms with Crippen molar-refractivity contribution < 1.29 is 17.9 Å². The topological polar surface area (TPSA) is 84.5 Å². The molecule has 0 aromatic heterocycles. The second-order valence-corrected chi connectivity index (χ2v) is 9.15. The number of carbonyl (C=O) groups excluding carboxylic acids is 1. The van der Waals surface area contributed by atoms with Gasteiger partial charge in [-0.1, -0.05) is 54.6 Å². The number of para-hydroxylation sites is 2. The molecule has 0 heterocycles. The quantitative estimate of drug-likeness (QED) is 0.523. The van der Waals surface area contributed by atoms with Crippen LogP contribution in [0.5, 0.6) is 11.5 Å². The zero-order valence-electron chi connectivity index (χ0n) is 17.5. The van der Waals surface area contributed by atoms with Gasteiger partial charge in [-0.3, -0.25) is 4.79 Å². The van der Waals surface area contributed by atoms with Gasteiger partial charge in [0.25, 0.3) is 5.91 Å². The van der Waals surface area contributed by atoms with E-state index in [2.05, 4.69) is 10.0 Å². The van der Waals surface area contributed by atoms with Crippen molar-refractivity contribution in [3.63, 3.8) is 0 Å². The van der Waals surface area contributed by atoms with Crippen LogP contribution in [0.1, 0.15) is 35.3 Å². The van der Waals surface area contributed by atoms with Crippen LogP contribution in [0, 0.1) is 0 Å². The lowest BCUT2D eigenvalue weighted by Crippen LogP contribution is -2.32. The summed E-state index contributed by atoms with van der Waals surface area (Å²) in [4.78, 5) is 12.8. The molecular weight excluding hydrogens is 412 g/mol. The fraction of sp³-hybridized carbons (Fsp3) is 0.208. The fourth-order valence-corrected chi connectivity index (χ4v) is 4.60. The first-order valence-electron chi connectivity index (χ1n) is 10.0. The number of amides is 1. The van der Waals surface area contributed by atoms with E-state index in [4.69, 9.17) is 4.74 Å². The second-order valence-electron chi connectivity index (χ2n) is 7.39. The molecular formula is C24H26N2O4S. The third kappa shape index (κ3) is 6.67. The Bertz CT molecular complexity index is 1130. The molecule has 0 aliphatic rings. The van der Waals surface area contributed by atoms with Gasteiger partial charge in [-0.15, -0.1) is 0 Å². The van der Waals surface area contributed by atoms with Gasteiger partial charge in [0, 0.05) is 12.6 Å². The second kappa shape index (κ2) is 10.2. The van der Waals surface area contributed by atoms with Gasteiger partial charge in [0.1, 0.15) is 11.5 Å². The number of hydrogen-bond donors (Lipinski definition) is 2. The normalized spacial score (nSPS) is 11.3. The maximum absolute atomic E-state index is 12.8. The number of hydrogen-bond acceptors (Lipinski definition) is 4. The summed E-state index contributed by atoms with van der Waals surface area (Å²) in [6.45, 7) is 3.75. The maximum Gasteiger partial charge on any atom is 0.255 e. The molecule has 0 unspecified atom stereocenters. The van der Waals surface area contributed by atoms with E-state index < -0.39 is 10.0 Å². The van der Waals surface area contributed by atoms with Crippen molar-refractivity contribution in [1.82, 2.24) is 10.0 Å². The molecule has 0 bridgehead atoms. The van der Waals surface area contributed by atoms with Crippen LogP contribution in [-0.2, 0) is 22.3 Å². The molecule has 3 aromatic rings. The average molecular weight is 439 g/mol. The molecule has 0 aliphatic heterocycles. The predicted molar refractivity (Wildman–Crippen MR) is 121 cm³/mol. The van der Waals surface area contributed by atoms with E-state index in [9.17, 15) is 13.2 Å². The van der Waals surface area contributed by atoms with E-state index >= 15 is 0 Å². The van der Waals surface area contributed by atoms with Gasteiger partial charge in [0.15, 0.2) is 0 Å². The molecule has 7 heteroatoms. The lowest BCUT2D eigenvalue weighted by atomic mass is 10.1. The Morgan fingerprint density at radius 2 is 1.48 bits per heavy atom. The number of nitrogens with one attached hydrogen (secondary N) is 2.